The van der Waals surface area contributed by atoms with Crippen molar-refractivity contribution in [2.24, 2.45) is 7.05 Å². The average molecular weight is 334 g/mol. The molecule has 0 aliphatic heterocycles. The molecule has 0 N–H and O–H groups in total. The van der Waals surface area contributed by atoms with Gasteiger partial charge < -0.3 is 0 Å². The minimum Gasteiger partial charge on any atom is -0.271 e. The van der Waals surface area contributed by atoms with Crippen LogP contribution in [0, 0.1) is 13.8 Å². The molecule has 120 valence electrons. The fraction of sp³-hybridized carbons (Fsp3) is 0.786. The highest BCUT2D eigenvalue weighted by molar-refractivity contribution is 7.89. The molecule has 1 aromatic rings. The van der Waals surface area contributed by atoms with Gasteiger partial charge in [0.25, 0.3) is 0 Å². The van der Waals surface area contributed by atoms with E-state index in [-0.39, 0.29) is 6.04 Å². The average Bonchev–Trinajstić information content (AvgIpc) is 2.70. The number of hydrogen-bond donors (Lipinski definition) is 0. The van der Waals surface area contributed by atoms with Crippen LogP contribution in [0.25, 0.3) is 0 Å². The van der Waals surface area contributed by atoms with Gasteiger partial charge in [-0.25, -0.2) is 8.42 Å². The van der Waals surface area contributed by atoms with Crippen LogP contribution in [-0.4, -0.2) is 41.0 Å². The molecule has 5 nitrogen and oxygen atoms in total. The number of nitrogens with zero attached hydrogens (tertiary/aromatic N) is 3. The fourth-order valence-corrected chi connectivity index (χ4v) is 5.57. The number of sulfonamides is 1. The third-order valence-electron chi connectivity index (χ3n) is 4.30. The minimum atomic E-state index is -3.54. The first-order chi connectivity index (χ1) is 9.89. The Morgan fingerprint density at radius 2 is 1.90 bits per heavy atom. The quantitative estimate of drug-likeness (QED) is 0.778. The second kappa shape index (κ2) is 6.67. The van der Waals surface area contributed by atoms with Gasteiger partial charge in [-0.15, -0.1) is 11.6 Å². The van der Waals surface area contributed by atoms with E-state index in [4.69, 9.17) is 11.6 Å². The molecule has 1 saturated carbocycles. The Balaban J connectivity index is 2.41. The van der Waals surface area contributed by atoms with Gasteiger partial charge in [0.2, 0.25) is 10.0 Å². The lowest BCUT2D eigenvalue weighted by Gasteiger charge is -2.33. The second-order valence-corrected chi connectivity index (χ2v) is 7.93. The van der Waals surface area contributed by atoms with Crippen LogP contribution in [0.4, 0.5) is 0 Å². The van der Waals surface area contributed by atoms with Crippen molar-refractivity contribution in [3.8, 4) is 0 Å². The number of halogens is 1. The molecule has 0 atom stereocenters. The summed E-state index contributed by atoms with van der Waals surface area (Å²) in [5.74, 6) is 0.314. The molecule has 2 rings (SSSR count). The summed E-state index contributed by atoms with van der Waals surface area (Å²) in [7, 11) is -1.77. The van der Waals surface area contributed by atoms with E-state index < -0.39 is 10.0 Å². The number of rotatable bonds is 5. The normalized spacial score (nSPS) is 17.6. The van der Waals surface area contributed by atoms with Gasteiger partial charge in [0.1, 0.15) is 4.90 Å². The maximum atomic E-state index is 13.1. The Morgan fingerprint density at radius 3 is 2.38 bits per heavy atom. The maximum Gasteiger partial charge on any atom is 0.247 e. The molecule has 1 aliphatic rings. The summed E-state index contributed by atoms with van der Waals surface area (Å²) >= 11 is 5.87. The Bertz CT molecular complexity index is 592. The summed E-state index contributed by atoms with van der Waals surface area (Å²) in [6.45, 7) is 3.91. The second-order valence-electron chi connectivity index (χ2n) is 5.72. The van der Waals surface area contributed by atoms with E-state index in [2.05, 4.69) is 5.10 Å². The van der Waals surface area contributed by atoms with E-state index in [1.54, 1.807) is 29.9 Å². The van der Waals surface area contributed by atoms with Crippen molar-refractivity contribution in [1.82, 2.24) is 14.1 Å². The number of aryl methyl sites for hydroxylation is 2. The van der Waals surface area contributed by atoms with Crippen LogP contribution in [0.3, 0.4) is 0 Å². The SMILES string of the molecule is Cc1nn(C)c(C)c1S(=O)(=O)N(CCCl)C1CCCCC1. The molecular weight excluding hydrogens is 310 g/mol. The van der Waals surface area contributed by atoms with Gasteiger partial charge >= 0.3 is 0 Å². The van der Waals surface area contributed by atoms with Crippen LogP contribution < -0.4 is 0 Å². The van der Waals surface area contributed by atoms with Crippen molar-refractivity contribution in [3.63, 3.8) is 0 Å². The molecule has 0 bridgehead atoms. The van der Waals surface area contributed by atoms with Crippen molar-refractivity contribution in [3.05, 3.63) is 11.4 Å². The molecule has 0 unspecified atom stereocenters. The maximum absolute atomic E-state index is 13.1. The van der Waals surface area contributed by atoms with E-state index in [1.165, 1.54) is 6.42 Å². The molecule has 1 heterocycles. The Hall–Kier alpha value is -0.590. The summed E-state index contributed by atoms with van der Waals surface area (Å²) in [6, 6.07) is 0.0708. The van der Waals surface area contributed by atoms with E-state index in [9.17, 15) is 8.42 Å². The largest absolute Gasteiger partial charge is 0.271 e. The van der Waals surface area contributed by atoms with Gasteiger partial charge in [-0.2, -0.15) is 9.40 Å². The molecule has 0 amide bonds. The van der Waals surface area contributed by atoms with Gasteiger partial charge in [0.15, 0.2) is 0 Å². The first-order valence-electron chi connectivity index (χ1n) is 7.47. The molecule has 1 aliphatic carbocycles. The van der Waals surface area contributed by atoms with E-state index in [0.717, 1.165) is 25.7 Å². The first-order valence-corrected chi connectivity index (χ1v) is 9.45. The Labute approximate surface area is 132 Å². The smallest absolute Gasteiger partial charge is 0.247 e. The lowest BCUT2D eigenvalue weighted by atomic mass is 9.95. The van der Waals surface area contributed by atoms with Crippen molar-refractivity contribution in [2.75, 3.05) is 12.4 Å². The highest BCUT2D eigenvalue weighted by atomic mass is 35.5. The Kier molecular flexibility index (Phi) is 5.33. The number of hydrogen-bond acceptors (Lipinski definition) is 3. The summed E-state index contributed by atoms with van der Waals surface area (Å²) in [4.78, 5) is 0.348. The molecule has 1 fully saturated rings. The molecule has 0 radical (unpaired) electrons. The minimum absolute atomic E-state index is 0.0708. The van der Waals surface area contributed by atoms with Crippen LogP contribution >= 0.6 is 11.6 Å². The van der Waals surface area contributed by atoms with E-state index in [1.807, 2.05) is 0 Å². The predicted octanol–water partition coefficient (Wildman–Crippen LogP) is 2.60. The number of aromatic nitrogens is 2. The molecule has 21 heavy (non-hydrogen) atoms. The molecule has 0 spiro atoms. The predicted molar refractivity (Wildman–Crippen MR) is 84.2 cm³/mol. The topological polar surface area (TPSA) is 55.2 Å². The monoisotopic (exact) mass is 333 g/mol. The highest BCUT2D eigenvalue weighted by Crippen LogP contribution is 2.30. The Morgan fingerprint density at radius 1 is 1.29 bits per heavy atom. The van der Waals surface area contributed by atoms with E-state index >= 15 is 0 Å². The van der Waals surface area contributed by atoms with Crippen LogP contribution in [0.5, 0.6) is 0 Å². The van der Waals surface area contributed by atoms with Crippen LogP contribution in [0.1, 0.15) is 43.5 Å². The summed E-state index contributed by atoms with van der Waals surface area (Å²) in [6.07, 6.45) is 5.22. The van der Waals surface area contributed by atoms with Crippen molar-refractivity contribution in [2.45, 2.75) is 56.9 Å². The third kappa shape index (κ3) is 3.27. The van der Waals surface area contributed by atoms with Crippen molar-refractivity contribution in [1.29, 1.82) is 0 Å². The lowest BCUT2D eigenvalue weighted by molar-refractivity contribution is 0.262. The van der Waals surface area contributed by atoms with E-state index in [0.29, 0.717) is 28.7 Å². The van der Waals surface area contributed by atoms with Gasteiger partial charge in [-0.1, -0.05) is 19.3 Å². The van der Waals surface area contributed by atoms with Crippen molar-refractivity contribution < 1.29 is 8.42 Å². The van der Waals surface area contributed by atoms with Crippen LogP contribution in [0.2, 0.25) is 0 Å². The van der Waals surface area contributed by atoms with Crippen LogP contribution in [-0.2, 0) is 17.1 Å². The van der Waals surface area contributed by atoms with Gasteiger partial charge in [-0.05, 0) is 26.7 Å². The van der Waals surface area contributed by atoms with Crippen molar-refractivity contribution >= 4 is 21.6 Å². The molecule has 0 saturated heterocycles. The highest BCUT2D eigenvalue weighted by Gasteiger charge is 2.35. The zero-order valence-electron chi connectivity index (χ0n) is 13.0. The van der Waals surface area contributed by atoms with Gasteiger partial charge in [0.05, 0.1) is 11.4 Å². The molecule has 0 aromatic carbocycles. The lowest BCUT2D eigenvalue weighted by Crippen LogP contribution is -2.42. The zero-order chi connectivity index (χ0) is 15.6. The standard InChI is InChI=1S/C14H24ClN3O2S/c1-11-14(12(2)17(3)16-11)21(19,20)18(10-9-15)13-7-5-4-6-8-13/h13H,4-10H2,1-3H3. The molecular formula is C14H24ClN3O2S. The fourth-order valence-electron chi connectivity index (χ4n) is 3.20. The summed E-state index contributed by atoms with van der Waals surface area (Å²) < 4.78 is 29.4. The number of alkyl halides is 1. The third-order valence-corrected chi connectivity index (χ3v) is 6.67. The molecule has 7 heteroatoms. The van der Waals surface area contributed by atoms with Gasteiger partial charge in [0, 0.05) is 25.5 Å². The molecule has 1 aromatic heterocycles. The van der Waals surface area contributed by atoms with Crippen LogP contribution in [0.15, 0.2) is 4.90 Å². The summed E-state index contributed by atoms with van der Waals surface area (Å²) in [5, 5.41) is 4.24. The summed E-state index contributed by atoms with van der Waals surface area (Å²) in [5.41, 5.74) is 1.24. The zero-order valence-corrected chi connectivity index (χ0v) is 14.5. The first kappa shape index (κ1) is 16.8. The van der Waals surface area contributed by atoms with Gasteiger partial charge in [-0.3, -0.25) is 4.68 Å².